The molecule has 1 N–H and O–H groups in total. The van der Waals surface area contributed by atoms with Crippen molar-refractivity contribution in [1.82, 2.24) is 0 Å². The molecule has 0 spiro atoms. The van der Waals surface area contributed by atoms with Crippen LogP contribution < -0.4 is 9.47 Å². The van der Waals surface area contributed by atoms with Crippen LogP contribution in [-0.4, -0.2) is 19.3 Å². The molecule has 0 amide bonds. The van der Waals surface area contributed by atoms with E-state index in [2.05, 4.69) is 6.92 Å². The van der Waals surface area contributed by atoms with Gasteiger partial charge < -0.3 is 14.6 Å². The van der Waals surface area contributed by atoms with Crippen LogP contribution in [0.1, 0.15) is 63.5 Å². The Hall–Kier alpha value is -1.29. The van der Waals surface area contributed by atoms with Gasteiger partial charge in [-0.05, 0) is 12.5 Å². The molecule has 1 aromatic carbocycles. The van der Waals surface area contributed by atoms with Crippen molar-refractivity contribution in [2.24, 2.45) is 0 Å². The van der Waals surface area contributed by atoms with Gasteiger partial charge in [0.05, 0.1) is 20.3 Å². The summed E-state index contributed by atoms with van der Waals surface area (Å²) in [6.07, 6.45) is 6.64. The van der Waals surface area contributed by atoms with Gasteiger partial charge in [0.1, 0.15) is 5.82 Å². The topological polar surface area (TPSA) is 38.7 Å². The molecule has 0 saturated heterocycles. The lowest BCUT2D eigenvalue weighted by Gasteiger charge is -2.15. The third-order valence-corrected chi connectivity index (χ3v) is 3.69. The molecule has 0 bridgehead atoms. The molecule has 1 atom stereocenters. The molecule has 1 unspecified atom stereocenters. The Morgan fingerprint density at radius 1 is 1.00 bits per heavy atom. The number of unbranched alkanes of at least 4 members (excludes halogenated alkanes) is 5. The standard InChI is InChI=1S/C17H27FO3/c1-4-5-6-7-8-9-10-15(19)13-11-16(20-2)17(21-3)12-14(13)18/h11-12,15,19H,4-10H2,1-3H3. The second-order valence-corrected chi connectivity index (χ2v) is 5.30. The molecule has 3 nitrogen and oxygen atoms in total. The van der Waals surface area contributed by atoms with Crippen LogP contribution in [0.3, 0.4) is 0 Å². The minimum atomic E-state index is -0.795. The van der Waals surface area contributed by atoms with Crippen molar-refractivity contribution in [3.63, 3.8) is 0 Å². The molecular formula is C17H27FO3. The number of hydrogen-bond donors (Lipinski definition) is 1. The number of aliphatic hydroxyl groups is 1. The molecule has 120 valence electrons. The molecule has 0 aliphatic rings. The van der Waals surface area contributed by atoms with Gasteiger partial charge in [0.25, 0.3) is 0 Å². The SMILES string of the molecule is CCCCCCCCC(O)c1cc(OC)c(OC)cc1F. The second kappa shape index (κ2) is 9.61. The van der Waals surface area contributed by atoms with Crippen molar-refractivity contribution in [2.45, 2.75) is 58.0 Å². The number of benzene rings is 1. The van der Waals surface area contributed by atoms with E-state index in [1.165, 1.54) is 52.0 Å². The van der Waals surface area contributed by atoms with E-state index in [1.54, 1.807) is 0 Å². The fraction of sp³-hybridized carbons (Fsp3) is 0.647. The van der Waals surface area contributed by atoms with Crippen molar-refractivity contribution in [1.29, 1.82) is 0 Å². The second-order valence-electron chi connectivity index (χ2n) is 5.30. The van der Waals surface area contributed by atoms with Crippen LogP contribution in [0.2, 0.25) is 0 Å². The molecule has 21 heavy (non-hydrogen) atoms. The van der Waals surface area contributed by atoms with E-state index in [0.29, 0.717) is 17.9 Å². The highest BCUT2D eigenvalue weighted by Crippen LogP contribution is 2.33. The molecule has 0 radical (unpaired) electrons. The zero-order valence-corrected chi connectivity index (χ0v) is 13.3. The van der Waals surface area contributed by atoms with Crippen molar-refractivity contribution < 1.29 is 19.0 Å². The van der Waals surface area contributed by atoms with Crippen molar-refractivity contribution >= 4 is 0 Å². The molecular weight excluding hydrogens is 271 g/mol. The number of ether oxygens (including phenoxy) is 2. The third-order valence-electron chi connectivity index (χ3n) is 3.69. The number of halogens is 1. The highest BCUT2D eigenvalue weighted by atomic mass is 19.1. The van der Waals surface area contributed by atoms with E-state index < -0.39 is 11.9 Å². The maximum Gasteiger partial charge on any atom is 0.163 e. The van der Waals surface area contributed by atoms with Crippen LogP contribution >= 0.6 is 0 Å². The van der Waals surface area contributed by atoms with Crippen LogP contribution in [0.5, 0.6) is 11.5 Å². The van der Waals surface area contributed by atoms with Crippen LogP contribution in [0.15, 0.2) is 12.1 Å². The van der Waals surface area contributed by atoms with Crippen LogP contribution in [0.25, 0.3) is 0 Å². The molecule has 0 aliphatic carbocycles. The number of rotatable bonds is 10. The maximum absolute atomic E-state index is 14.0. The quantitative estimate of drug-likeness (QED) is 0.640. The first-order valence-electron chi connectivity index (χ1n) is 7.73. The zero-order valence-electron chi connectivity index (χ0n) is 13.3. The molecule has 0 heterocycles. The van der Waals surface area contributed by atoms with E-state index >= 15 is 0 Å². The van der Waals surface area contributed by atoms with E-state index in [-0.39, 0.29) is 5.56 Å². The molecule has 1 rings (SSSR count). The van der Waals surface area contributed by atoms with Crippen molar-refractivity contribution in [3.8, 4) is 11.5 Å². The van der Waals surface area contributed by atoms with E-state index in [9.17, 15) is 9.50 Å². The average molecular weight is 298 g/mol. The fourth-order valence-corrected chi connectivity index (χ4v) is 2.40. The van der Waals surface area contributed by atoms with Crippen LogP contribution in [0, 0.1) is 5.82 Å². The highest BCUT2D eigenvalue weighted by molar-refractivity contribution is 5.44. The summed E-state index contributed by atoms with van der Waals surface area (Å²) in [7, 11) is 2.96. The van der Waals surface area contributed by atoms with Gasteiger partial charge in [0.15, 0.2) is 11.5 Å². The normalized spacial score (nSPS) is 12.2. The number of methoxy groups -OCH3 is 2. The van der Waals surface area contributed by atoms with Crippen LogP contribution in [-0.2, 0) is 0 Å². The Labute approximate surface area is 127 Å². The monoisotopic (exact) mass is 298 g/mol. The number of aliphatic hydroxyl groups excluding tert-OH is 1. The van der Waals surface area contributed by atoms with Gasteiger partial charge >= 0.3 is 0 Å². The smallest absolute Gasteiger partial charge is 0.163 e. The molecule has 1 aromatic rings. The third kappa shape index (κ3) is 5.54. The molecule has 0 fully saturated rings. The summed E-state index contributed by atoms with van der Waals surface area (Å²) < 4.78 is 24.2. The summed E-state index contributed by atoms with van der Waals surface area (Å²) in [5, 5.41) is 10.2. The molecule has 0 saturated carbocycles. The lowest BCUT2D eigenvalue weighted by Crippen LogP contribution is -2.03. The predicted molar refractivity (Wildman–Crippen MR) is 82.5 cm³/mol. The average Bonchev–Trinajstić information content (AvgIpc) is 2.50. The Bertz CT molecular complexity index is 421. The van der Waals surface area contributed by atoms with E-state index in [1.807, 2.05) is 0 Å². The van der Waals surface area contributed by atoms with Gasteiger partial charge in [-0.3, -0.25) is 0 Å². The molecule has 4 heteroatoms. The van der Waals surface area contributed by atoms with Gasteiger partial charge in [0.2, 0.25) is 0 Å². The van der Waals surface area contributed by atoms with E-state index in [0.717, 1.165) is 12.8 Å². The first-order valence-corrected chi connectivity index (χ1v) is 7.73. The Balaban J connectivity index is 2.55. The van der Waals surface area contributed by atoms with Crippen molar-refractivity contribution in [2.75, 3.05) is 14.2 Å². The zero-order chi connectivity index (χ0) is 15.7. The summed E-state index contributed by atoms with van der Waals surface area (Å²) in [6.45, 7) is 2.18. The van der Waals surface area contributed by atoms with Gasteiger partial charge in [-0.2, -0.15) is 0 Å². The van der Waals surface area contributed by atoms with Gasteiger partial charge in [0, 0.05) is 11.6 Å². The van der Waals surface area contributed by atoms with Crippen LogP contribution in [0.4, 0.5) is 4.39 Å². The van der Waals surface area contributed by atoms with Gasteiger partial charge in [-0.15, -0.1) is 0 Å². The Kier molecular flexibility index (Phi) is 8.13. The fourth-order valence-electron chi connectivity index (χ4n) is 2.40. The lowest BCUT2D eigenvalue weighted by molar-refractivity contribution is 0.158. The maximum atomic E-state index is 14.0. The molecule has 0 aromatic heterocycles. The van der Waals surface area contributed by atoms with E-state index in [4.69, 9.17) is 9.47 Å². The summed E-state index contributed by atoms with van der Waals surface area (Å²) >= 11 is 0. The largest absolute Gasteiger partial charge is 0.493 e. The Morgan fingerprint density at radius 3 is 2.19 bits per heavy atom. The predicted octanol–water partition coefficient (Wildman–Crippen LogP) is 4.63. The first-order chi connectivity index (χ1) is 10.1. The summed E-state index contributed by atoms with van der Waals surface area (Å²) in [4.78, 5) is 0. The summed E-state index contributed by atoms with van der Waals surface area (Å²) in [5.74, 6) is 0.326. The highest BCUT2D eigenvalue weighted by Gasteiger charge is 2.17. The minimum absolute atomic E-state index is 0.279. The first kappa shape index (κ1) is 17.8. The van der Waals surface area contributed by atoms with Gasteiger partial charge in [-0.1, -0.05) is 45.4 Å². The number of hydrogen-bond acceptors (Lipinski definition) is 3. The molecule has 0 aliphatic heterocycles. The van der Waals surface area contributed by atoms with Crippen molar-refractivity contribution in [3.05, 3.63) is 23.5 Å². The summed E-state index contributed by atoms with van der Waals surface area (Å²) in [5.41, 5.74) is 0.279. The summed E-state index contributed by atoms with van der Waals surface area (Å²) in [6, 6.07) is 2.79. The lowest BCUT2D eigenvalue weighted by atomic mass is 10.0. The van der Waals surface area contributed by atoms with Gasteiger partial charge in [-0.25, -0.2) is 4.39 Å². The minimum Gasteiger partial charge on any atom is -0.493 e. The Morgan fingerprint density at radius 2 is 1.57 bits per heavy atom.